The van der Waals surface area contributed by atoms with Crippen molar-refractivity contribution in [2.45, 2.75) is 18.7 Å². The molecule has 146 valence electrons. The van der Waals surface area contributed by atoms with Crippen molar-refractivity contribution in [3.63, 3.8) is 0 Å². The second-order valence-corrected chi connectivity index (χ2v) is 9.12. The number of piperazine rings is 1. The fraction of sp³-hybridized carbons (Fsp3) is 0.368. The van der Waals surface area contributed by atoms with Crippen molar-refractivity contribution in [2.24, 2.45) is 0 Å². The minimum absolute atomic E-state index is 0.221. The van der Waals surface area contributed by atoms with Crippen LogP contribution in [0.25, 0.3) is 0 Å². The zero-order chi connectivity index (χ0) is 19.6. The van der Waals surface area contributed by atoms with E-state index in [-0.39, 0.29) is 4.90 Å². The van der Waals surface area contributed by atoms with Gasteiger partial charge < -0.3 is 9.64 Å². The molecule has 0 unspecified atom stereocenters. The van der Waals surface area contributed by atoms with Gasteiger partial charge in [-0.1, -0.05) is 29.3 Å². The van der Waals surface area contributed by atoms with Crippen molar-refractivity contribution < 1.29 is 13.2 Å². The summed E-state index contributed by atoms with van der Waals surface area (Å²) in [4.78, 5) is 2.28. The van der Waals surface area contributed by atoms with E-state index in [1.165, 1.54) is 4.31 Å². The number of nitrogens with zero attached hydrogens (tertiary/aromatic N) is 2. The summed E-state index contributed by atoms with van der Waals surface area (Å²) >= 11 is 12.3. The summed E-state index contributed by atoms with van der Waals surface area (Å²) in [6.45, 7) is 5.92. The second kappa shape index (κ2) is 8.27. The van der Waals surface area contributed by atoms with Crippen molar-refractivity contribution in [2.75, 3.05) is 37.7 Å². The first kappa shape index (κ1) is 20.3. The van der Waals surface area contributed by atoms with Crippen LogP contribution in [0, 0.1) is 6.92 Å². The summed E-state index contributed by atoms with van der Waals surface area (Å²) in [5, 5.41) is 1.21. The van der Waals surface area contributed by atoms with E-state index in [2.05, 4.69) is 4.90 Å². The number of ether oxygens (including phenoxy) is 1. The molecule has 3 rings (SSSR count). The Morgan fingerprint density at radius 1 is 1.04 bits per heavy atom. The highest BCUT2D eigenvalue weighted by atomic mass is 35.5. The smallest absolute Gasteiger partial charge is 0.246 e. The molecule has 0 saturated carbocycles. The van der Waals surface area contributed by atoms with Crippen LogP contribution in [0.2, 0.25) is 10.0 Å². The van der Waals surface area contributed by atoms with Crippen LogP contribution in [0.4, 0.5) is 5.69 Å². The first-order chi connectivity index (χ1) is 12.8. The molecule has 2 aromatic carbocycles. The molecule has 5 nitrogen and oxygen atoms in total. The maximum atomic E-state index is 13.2. The van der Waals surface area contributed by atoms with Crippen molar-refractivity contribution >= 4 is 38.9 Å². The zero-order valence-electron chi connectivity index (χ0n) is 15.3. The van der Waals surface area contributed by atoms with Crippen LogP contribution in [0.3, 0.4) is 0 Å². The Kier molecular flexibility index (Phi) is 6.21. The van der Waals surface area contributed by atoms with Gasteiger partial charge in [0.15, 0.2) is 0 Å². The third-order valence-electron chi connectivity index (χ3n) is 4.50. The summed E-state index contributed by atoms with van der Waals surface area (Å²) in [7, 11) is -3.64. The van der Waals surface area contributed by atoms with Crippen LogP contribution in [0.15, 0.2) is 41.3 Å². The van der Waals surface area contributed by atoms with Gasteiger partial charge >= 0.3 is 0 Å². The van der Waals surface area contributed by atoms with E-state index in [1.807, 2.05) is 26.0 Å². The van der Waals surface area contributed by atoms with E-state index in [0.717, 1.165) is 11.3 Å². The van der Waals surface area contributed by atoms with Gasteiger partial charge in [0.1, 0.15) is 10.6 Å². The summed E-state index contributed by atoms with van der Waals surface area (Å²) in [6.07, 6.45) is 0. The van der Waals surface area contributed by atoms with Crippen LogP contribution in [0.1, 0.15) is 12.5 Å². The van der Waals surface area contributed by atoms with E-state index >= 15 is 0 Å². The predicted octanol–water partition coefficient (Wildman–Crippen LogP) is 4.21. The van der Waals surface area contributed by atoms with Crippen LogP contribution < -0.4 is 9.64 Å². The number of hydrogen-bond donors (Lipinski definition) is 0. The quantitative estimate of drug-likeness (QED) is 0.715. The molecule has 8 heteroatoms. The molecule has 2 aromatic rings. The Labute approximate surface area is 170 Å². The van der Waals surface area contributed by atoms with Crippen LogP contribution >= 0.6 is 23.2 Å². The lowest BCUT2D eigenvalue weighted by Gasteiger charge is -2.36. The van der Waals surface area contributed by atoms with E-state index in [1.54, 1.807) is 24.3 Å². The average molecular weight is 429 g/mol. The highest BCUT2D eigenvalue weighted by Gasteiger charge is 2.31. The molecule has 1 saturated heterocycles. The normalized spacial score (nSPS) is 15.8. The lowest BCUT2D eigenvalue weighted by Crippen LogP contribution is -2.48. The molecule has 0 atom stereocenters. The Balaban J connectivity index is 1.81. The molecule has 0 amide bonds. The molecule has 0 spiro atoms. The highest BCUT2D eigenvalue weighted by Crippen LogP contribution is 2.32. The van der Waals surface area contributed by atoms with Crippen LogP contribution in [-0.4, -0.2) is 45.5 Å². The molecule has 0 bridgehead atoms. The van der Waals surface area contributed by atoms with Gasteiger partial charge in [0.2, 0.25) is 10.0 Å². The lowest BCUT2D eigenvalue weighted by molar-refractivity contribution is 0.327. The monoisotopic (exact) mass is 428 g/mol. The van der Waals surface area contributed by atoms with Crippen molar-refractivity contribution in [1.29, 1.82) is 0 Å². The Bertz CT molecular complexity index is 927. The van der Waals surface area contributed by atoms with Gasteiger partial charge in [0, 0.05) is 31.2 Å². The molecular formula is C19H22Cl2N2O3S. The average Bonchev–Trinajstić information content (AvgIpc) is 2.65. The first-order valence-corrected chi connectivity index (χ1v) is 11.0. The fourth-order valence-corrected chi connectivity index (χ4v) is 5.17. The maximum absolute atomic E-state index is 13.2. The maximum Gasteiger partial charge on any atom is 0.246 e. The van der Waals surface area contributed by atoms with Gasteiger partial charge in [-0.25, -0.2) is 8.42 Å². The molecule has 0 aromatic heterocycles. The predicted molar refractivity (Wildman–Crippen MR) is 110 cm³/mol. The molecule has 27 heavy (non-hydrogen) atoms. The molecule has 1 heterocycles. The number of rotatable bonds is 5. The topological polar surface area (TPSA) is 49.9 Å². The Hall–Kier alpha value is -1.47. The van der Waals surface area contributed by atoms with Gasteiger partial charge in [-0.05, 0) is 49.7 Å². The zero-order valence-corrected chi connectivity index (χ0v) is 17.6. The van der Waals surface area contributed by atoms with Gasteiger partial charge in [-0.15, -0.1) is 0 Å². The molecule has 1 aliphatic rings. The number of anilines is 1. The summed E-state index contributed by atoms with van der Waals surface area (Å²) in [5.41, 5.74) is 1.70. The van der Waals surface area contributed by atoms with E-state index in [0.29, 0.717) is 48.6 Å². The van der Waals surface area contributed by atoms with E-state index in [4.69, 9.17) is 27.9 Å². The van der Waals surface area contributed by atoms with Gasteiger partial charge in [-0.2, -0.15) is 4.31 Å². The third kappa shape index (κ3) is 4.35. The number of benzene rings is 2. The molecule has 1 fully saturated rings. The molecule has 1 aliphatic heterocycles. The molecular weight excluding hydrogens is 407 g/mol. The van der Waals surface area contributed by atoms with Gasteiger partial charge in [0.25, 0.3) is 0 Å². The molecule has 0 aliphatic carbocycles. The van der Waals surface area contributed by atoms with Crippen molar-refractivity contribution in [1.82, 2.24) is 4.31 Å². The van der Waals surface area contributed by atoms with Gasteiger partial charge in [-0.3, -0.25) is 0 Å². The number of halogens is 2. The molecule has 0 N–H and O–H groups in total. The van der Waals surface area contributed by atoms with E-state index < -0.39 is 10.0 Å². The lowest BCUT2D eigenvalue weighted by atomic mass is 10.2. The fourth-order valence-electron chi connectivity index (χ4n) is 3.13. The standard InChI is InChI=1S/C19H22Cl2N2O3S/c1-3-26-18-7-4-14(2)12-19(18)27(24,25)23-10-8-22(9-11-23)17-13-15(20)5-6-16(17)21/h4-7,12-13H,3,8-11H2,1-2H3. The summed E-state index contributed by atoms with van der Waals surface area (Å²) in [5.74, 6) is 0.392. The SMILES string of the molecule is CCOc1ccc(C)cc1S(=O)(=O)N1CCN(c2cc(Cl)ccc2Cl)CC1. The Morgan fingerprint density at radius 3 is 2.41 bits per heavy atom. The van der Waals surface area contributed by atoms with Crippen LogP contribution in [0.5, 0.6) is 5.75 Å². The number of sulfonamides is 1. The number of hydrogen-bond acceptors (Lipinski definition) is 4. The minimum atomic E-state index is -3.64. The largest absolute Gasteiger partial charge is 0.492 e. The highest BCUT2D eigenvalue weighted by molar-refractivity contribution is 7.89. The molecule has 0 radical (unpaired) electrons. The summed E-state index contributed by atoms with van der Waals surface area (Å²) in [6, 6.07) is 10.5. The Morgan fingerprint density at radius 2 is 1.74 bits per heavy atom. The first-order valence-electron chi connectivity index (χ1n) is 8.76. The minimum Gasteiger partial charge on any atom is -0.492 e. The van der Waals surface area contributed by atoms with Crippen molar-refractivity contribution in [3.8, 4) is 5.75 Å². The number of aryl methyl sites for hydroxylation is 1. The third-order valence-corrected chi connectivity index (χ3v) is 6.98. The van der Waals surface area contributed by atoms with E-state index in [9.17, 15) is 8.42 Å². The summed E-state index contributed by atoms with van der Waals surface area (Å²) < 4.78 is 33.4. The van der Waals surface area contributed by atoms with Crippen LogP contribution in [-0.2, 0) is 10.0 Å². The van der Waals surface area contributed by atoms with Crippen molar-refractivity contribution in [3.05, 3.63) is 52.0 Å². The van der Waals surface area contributed by atoms with Gasteiger partial charge in [0.05, 0.1) is 17.3 Å². The second-order valence-electron chi connectivity index (χ2n) is 6.37.